The largest absolute Gasteiger partial charge is 0.395 e. The van der Waals surface area contributed by atoms with E-state index >= 15 is 0 Å². The summed E-state index contributed by atoms with van der Waals surface area (Å²) >= 11 is 0. The summed E-state index contributed by atoms with van der Waals surface area (Å²) in [6, 6.07) is 0. The van der Waals surface area contributed by atoms with Gasteiger partial charge in [0.1, 0.15) is 0 Å². The van der Waals surface area contributed by atoms with Crippen LogP contribution in [0.15, 0.2) is 0 Å². The first-order valence-electron chi connectivity index (χ1n) is 8.30. The van der Waals surface area contributed by atoms with E-state index in [4.69, 9.17) is 9.84 Å². The lowest BCUT2D eigenvalue weighted by molar-refractivity contribution is -0.127. The maximum atomic E-state index is 11.9. The van der Waals surface area contributed by atoms with Crippen LogP contribution in [0.5, 0.6) is 0 Å². The lowest BCUT2D eigenvalue weighted by Crippen LogP contribution is -2.40. The number of aliphatic hydroxyl groups excluding tert-OH is 1. The second-order valence-electron chi connectivity index (χ2n) is 8.37. The van der Waals surface area contributed by atoms with Crippen molar-refractivity contribution < 1.29 is 14.6 Å². The summed E-state index contributed by atoms with van der Waals surface area (Å²) in [4.78, 5) is 13.9. The third kappa shape index (κ3) is 17.6. The van der Waals surface area contributed by atoms with E-state index in [1.807, 2.05) is 46.4 Å². The van der Waals surface area contributed by atoms with E-state index < -0.39 is 0 Å². The molecule has 0 aromatic heterocycles. The Morgan fingerprint density at radius 1 is 1.05 bits per heavy atom. The molecule has 0 amide bonds. The molecule has 0 saturated heterocycles. The maximum absolute atomic E-state index is 11.9. The number of aliphatic hydroxyl groups is 1. The van der Waals surface area contributed by atoms with Gasteiger partial charge in [-0.3, -0.25) is 9.69 Å². The lowest BCUT2D eigenvalue weighted by atomic mass is 9.90. The van der Waals surface area contributed by atoms with Crippen LogP contribution in [0.2, 0.25) is 0 Å². The van der Waals surface area contributed by atoms with Crippen molar-refractivity contribution in [3.8, 4) is 0 Å². The average Bonchev–Trinajstić information content (AvgIpc) is 2.25. The number of hydrogen-bond donors (Lipinski definition) is 1. The Morgan fingerprint density at radius 3 is 1.82 bits per heavy atom. The van der Waals surface area contributed by atoms with Crippen LogP contribution in [-0.4, -0.2) is 54.2 Å². The van der Waals surface area contributed by atoms with Crippen LogP contribution in [0.25, 0.3) is 0 Å². The minimum atomic E-state index is -0.335. The minimum absolute atomic E-state index is 0.0624. The molecule has 0 heterocycles. The van der Waals surface area contributed by atoms with Gasteiger partial charge in [0.15, 0.2) is 5.78 Å². The summed E-state index contributed by atoms with van der Waals surface area (Å²) in [5.41, 5.74) is -0.502. The maximum Gasteiger partial charge on any atom is 0.152 e. The van der Waals surface area contributed by atoms with Crippen LogP contribution in [0.4, 0.5) is 0 Å². The molecule has 0 unspecified atom stereocenters. The molecule has 0 rings (SSSR count). The molecule has 0 aliphatic heterocycles. The van der Waals surface area contributed by atoms with E-state index in [2.05, 4.69) is 20.8 Å². The molecule has 0 aromatic carbocycles. The number of ether oxygens (including phenoxy) is 1. The highest BCUT2D eigenvalue weighted by Gasteiger charge is 2.23. The fraction of sp³-hybridized carbons (Fsp3) is 0.944. The van der Waals surface area contributed by atoms with Gasteiger partial charge >= 0.3 is 0 Å². The molecule has 0 fully saturated rings. The van der Waals surface area contributed by atoms with Crippen LogP contribution >= 0.6 is 0 Å². The van der Waals surface area contributed by atoms with E-state index in [1.54, 1.807) is 0 Å². The second-order valence-corrected chi connectivity index (χ2v) is 8.37. The van der Waals surface area contributed by atoms with Crippen molar-refractivity contribution in [3.05, 3.63) is 0 Å². The summed E-state index contributed by atoms with van der Waals surface area (Å²) in [5, 5.41) is 9.02. The van der Waals surface area contributed by atoms with E-state index in [-0.39, 0.29) is 23.4 Å². The van der Waals surface area contributed by atoms with Crippen LogP contribution in [-0.2, 0) is 9.53 Å². The lowest BCUT2D eigenvalue weighted by Gasteiger charge is -2.27. The Morgan fingerprint density at radius 2 is 1.50 bits per heavy atom. The third-order valence-corrected chi connectivity index (χ3v) is 2.56. The summed E-state index contributed by atoms with van der Waals surface area (Å²) in [7, 11) is 0. The molecule has 0 aliphatic carbocycles. The van der Waals surface area contributed by atoms with Gasteiger partial charge in [0.2, 0.25) is 0 Å². The molecule has 0 bridgehead atoms. The molecule has 134 valence electrons. The van der Waals surface area contributed by atoms with Gasteiger partial charge in [0, 0.05) is 18.5 Å². The third-order valence-electron chi connectivity index (χ3n) is 2.56. The van der Waals surface area contributed by atoms with E-state index in [1.165, 1.54) is 0 Å². The van der Waals surface area contributed by atoms with Gasteiger partial charge in [-0.25, -0.2) is 0 Å². The molecule has 22 heavy (non-hydrogen) atoms. The Hall–Kier alpha value is -0.450. The van der Waals surface area contributed by atoms with E-state index in [0.717, 1.165) is 5.92 Å². The van der Waals surface area contributed by atoms with Gasteiger partial charge in [-0.1, -0.05) is 41.5 Å². The molecule has 0 saturated carbocycles. The Labute approximate surface area is 138 Å². The molecule has 0 aliphatic rings. The van der Waals surface area contributed by atoms with Crippen LogP contribution in [0, 0.1) is 11.3 Å². The zero-order chi connectivity index (χ0) is 18.0. The minimum Gasteiger partial charge on any atom is -0.395 e. The molecule has 0 atom stereocenters. The van der Waals surface area contributed by atoms with Gasteiger partial charge < -0.3 is 9.84 Å². The summed E-state index contributed by atoms with van der Waals surface area (Å²) in [6.45, 7) is 20.4. The molecule has 4 nitrogen and oxygen atoms in total. The molecule has 0 spiro atoms. The van der Waals surface area contributed by atoms with Gasteiger partial charge in [-0.2, -0.15) is 0 Å². The normalized spacial score (nSPS) is 12.4. The van der Waals surface area contributed by atoms with Crippen LogP contribution in [0.3, 0.4) is 0 Å². The molecule has 0 radical (unpaired) electrons. The van der Waals surface area contributed by atoms with Crippen molar-refractivity contribution in [2.45, 2.75) is 67.9 Å². The van der Waals surface area contributed by atoms with Gasteiger partial charge in [-0.15, -0.1) is 0 Å². The van der Waals surface area contributed by atoms with Gasteiger partial charge in [-0.05, 0) is 26.7 Å². The zero-order valence-corrected chi connectivity index (χ0v) is 16.3. The van der Waals surface area contributed by atoms with Crippen molar-refractivity contribution in [1.82, 2.24) is 4.90 Å². The molecular formula is C18H39NO3. The highest BCUT2D eigenvalue weighted by atomic mass is 16.5. The van der Waals surface area contributed by atoms with Crippen molar-refractivity contribution in [2.24, 2.45) is 11.3 Å². The van der Waals surface area contributed by atoms with Crippen molar-refractivity contribution in [2.75, 3.05) is 32.8 Å². The standard InChI is InChI=1S/C14H29NO3.C4H10/c1-13(2,3)12(17)11-15(7-9-16)8-10-18-14(4,5)6;1-4(2)3/h16H,7-11H2,1-6H3;4H,1-3H3. The number of Topliss-reactive ketones (excluding diaryl/α,β-unsaturated/α-hetero) is 1. The highest BCUT2D eigenvalue weighted by molar-refractivity contribution is 5.85. The summed E-state index contributed by atoms with van der Waals surface area (Å²) in [5.74, 6) is 1.02. The summed E-state index contributed by atoms with van der Waals surface area (Å²) in [6.07, 6.45) is 0. The zero-order valence-electron chi connectivity index (χ0n) is 16.3. The molecule has 4 heteroatoms. The van der Waals surface area contributed by atoms with E-state index in [0.29, 0.717) is 26.2 Å². The smallest absolute Gasteiger partial charge is 0.152 e. The SMILES string of the molecule is CC(C)(C)OCCN(CCO)CC(=O)C(C)(C)C.CC(C)C. The fourth-order valence-corrected chi connectivity index (χ4v) is 1.33. The second kappa shape index (κ2) is 11.1. The number of hydrogen-bond acceptors (Lipinski definition) is 4. The number of nitrogens with zero attached hydrogens (tertiary/aromatic N) is 1. The monoisotopic (exact) mass is 317 g/mol. The van der Waals surface area contributed by atoms with E-state index in [9.17, 15) is 4.79 Å². The molecular weight excluding hydrogens is 278 g/mol. The van der Waals surface area contributed by atoms with Gasteiger partial charge in [0.25, 0.3) is 0 Å². The predicted molar refractivity (Wildman–Crippen MR) is 94.2 cm³/mol. The van der Waals surface area contributed by atoms with Crippen LogP contribution in [0.1, 0.15) is 62.3 Å². The first-order chi connectivity index (χ1) is 9.79. The Balaban J connectivity index is 0. The predicted octanol–water partition coefficient (Wildman–Crippen LogP) is 3.37. The fourth-order valence-electron chi connectivity index (χ4n) is 1.33. The quantitative estimate of drug-likeness (QED) is 0.782. The van der Waals surface area contributed by atoms with Crippen LogP contribution < -0.4 is 0 Å². The van der Waals surface area contributed by atoms with Crippen molar-refractivity contribution in [3.63, 3.8) is 0 Å². The van der Waals surface area contributed by atoms with Gasteiger partial charge in [0.05, 0.1) is 25.4 Å². The topological polar surface area (TPSA) is 49.8 Å². The first kappa shape index (κ1) is 23.8. The molecule has 0 aromatic rings. The Kier molecular flexibility index (Phi) is 12.1. The Bertz CT molecular complexity index is 285. The average molecular weight is 318 g/mol. The van der Waals surface area contributed by atoms with Crippen molar-refractivity contribution in [1.29, 1.82) is 0 Å². The van der Waals surface area contributed by atoms with Crippen molar-refractivity contribution >= 4 is 5.78 Å². The number of carbonyl (C=O) groups excluding carboxylic acids is 1. The molecule has 1 N–H and O–H groups in total. The number of carbonyl (C=O) groups is 1. The summed E-state index contributed by atoms with van der Waals surface area (Å²) < 4.78 is 5.64. The first-order valence-corrected chi connectivity index (χ1v) is 8.30. The highest BCUT2D eigenvalue weighted by Crippen LogP contribution is 2.15. The number of rotatable bonds is 7. The number of ketones is 1.